The van der Waals surface area contributed by atoms with Gasteiger partial charge in [-0.15, -0.1) is 0 Å². The van der Waals surface area contributed by atoms with Gasteiger partial charge in [0.25, 0.3) is 0 Å². The maximum atomic E-state index is 2.32. The Morgan fingerprint density at radius 3 is 0.680 bits per heavy atom. The van der Waals surface area contributed by atoms with E-state index in [1.54, 1.807) is 0 Å². The van der Waals surface area contributed by atoms with Crippen LogP contribution >= 0.6 is 0 Å². The van der Waals surface area contributed by atoms with Gasteiger partial charge < -0.3 is 0 Å². The topological polar surface area (TPSA) is 0 Å². The van der Waals surface area contributed by atoms with E-state index in [-0.39, 0.29) is 0 Å². The van der Waals surface area contributed by atoms with Crippen molar-refractivity contribution < 1.29 is 0 Å². The van der Waals surface area contributed by atoms with Gasteiger partial charge in [-0.3, -0.25) is 0 Å². The molecular weight excluding hydrogens is 410 g/mol. The first-order valence-electron chi connectivity index (χ1n) is 8.64. The van der Waals surface area contributed by atoms with Gasteiger partial charge in [-0.1, -0.05) is 0 Å². The first-order valence-corrected chi connectivity index (χ1v) is 14.4. The van der Waals surface area contributed by atoms with Crippen LogP contribution in [0, 0.1) is 0 Å². The van der Waals surface area contributed by atoms with E-state index < -0.39 is 18.8 Å². The fraction of sp³-hybridized carbons (Fsp3) is 0. The molecule has 0 heterocycles. The van der Waals surface area contributed by atoms with Crippen LogP contribution in [0.3, 0.4) is 0 Å². The SMILES string of the molecule is c1cc[c]([SbH]([c]2ccccc2)([c]2ccccc2)[c]2ccccc2)cc1. The summed E-state index contributed by atoms with van der Waals surface area (Å²) in [6, 6.07) is 44.4. The van der Waals surface area contributed by atoms with Crippen molar-refractivity contribution in [1.82, 2.24) is 0 Å². The summed E-state index contributed by atoms with van der Waals surface area (Å²) in [5.74, 6) is 0. The zero-order valence-corrected chi connectivity index (χ0v) is 16.9. The molecule has 0 saturated carbocycles. The molecule has 0 aliphatic heterocycles. The first kappa shape index (κ1) is 16.2. The van der Waals surface area contributed by atoms with Crippen molar-refractivity contribution in [3.63, 3.8) is 0 Å². The van der Waals surface area contributed by atoms with Gasteiger partial charge in [0.05, 0.1) is 0 Å². The van der Waals surface area contributed by atoms with Crippen LogP contribution in [0.25, 0.3) is 0 Å². The van der Waals surface area contributed by atoms with Crippen molar-refractivity contribution in [1.29, 1.82) is 0 Å². The Labute approximate surface area is 153 Å². The predicted octanol–water partition coefficient (Wildman–Crippen LogP) is 2.80. The second-order valence-electron chi connectivity index (χ2n) is 6.21. The molecule has 4 rings (SSSR count). The number of rotatable bonds is 4. The summed E-state index contributed by atoms with van der Waals surface area (Å²) in [6.45, 7) is 0. The van der Waals surface area contributed by atoms with Gasteiger partial charge in [0.15, 0.2) is 0 Å². The molecule has 1 heteroatoms. The fourth-order valence-corrected chi connectivity index (χ4v) is 17.4. The Kier molecular flexibility index (Phi) is 4.72. The van der Waals surface area contributed by atoms with Crippen LogP contribution in [0.1, 0.15) is 0 Å². The van der Waals surface area contributed by atoms with Crippen LogP contribution in [0.5, 0.6) is 0 Å². The van der Waals surface area contributed by atoms with Crippen LogP contribution in [-0.2, 0) is 0 Å². The molecule has 4 aromatic carbocycles. The summed E-state index contributed by atoms with van der Waals surface area (Å²) in [7, 11) is 0. The van der Waals surface area contributed by atoms with Crippen LogP contribution in [-0.4, -0.2) is 18.8 Å². The average molecular weight is 431 g/mol. The monoisotopic (exact) mass is 430 g/mol. The third-order valence-electron chi connectivity index (χ3n) is 4.83. The van der Waals surface area contributed by atoms with Crippen molar-refractivity contribution in [3.05, 3.63) is 121 Å². The minimum absolute atomic E-state index is 1.49. The van der Waals surface area contributed by atoms with E-state index >= 15 is 0 Å². The fourth-order valence-electron chi connectivity index (χ4n) is 3.75. The second kappa shape index (κ2) is 7.29. The third kappa shape index (κ3) is 2.92. The number of benzene rings is 4. The summed E-state index contributed by atoms with van der Waals surface area (Å²) < 4.78 is 5.95. The third-order valence-corrected chi connectivity index (χ3v) is 18.5. The van der Waals surface area contributed by atoms with Gasteiger partial charge in [-0.25, -0.2) is 0 Å². The van der Waals surface area contributed by atoms with Crippen molar-refractivity contribution in [2.75, 3.05) is 0 Å². The Morgan fingerprint density at radius 2 is 0.480 bits per heavy atom. The summed E-state index contributed by atoms with van der Waals surface area (Å²) in [4.78, 5) is 0. The van der Waals surface area contributed by atoms with Crippen molar-refractivity contribution >= 4 is 32.8 Å². The Hall–Kier alpha value is -2.30. The zero-order chi connectivity index (χ0) is 17.0. The summed E-state index contributed by atoms with van der Waals surface area (Å²) in [6.07, 6.45) is 0. The molecule has 0 unspecified atom stereocenters. The van der Waals surface area contributed by atoms with E-state index in [1.807, 2.05) is 0 Å². The summed E-state index contributed by atoms with van der Waals surface area (Å²) >= 11 is -3.31. The Balaban J connectivity index is 2.13. The van der Waals surface area contributed by atoms with Crippen molar-refractivity contribution in [3.8, 4) is 0 Å². The normalized spacial score (nSPS) is 11.8. The maximum absolute atomic E-state index is 3.31. The van der Waals surface area contributed by atoms with E-state index in [0.29, 0.717) is 0 Å². The molecular formula is C24H21Sb. The van der Waals surface area contributed by atoms with Gasteiger partial charge in [0.2, 0.25) is 0 Å². The number of hydrogen-bond donors (Lipinski definition) is 0. The quantitative estimate of drug-likeness (QED) is 0.436. The van der Waals surface area contributed by atoms with Crippen molar-refractivity contribution in [2.24, 2.45) is 0 Å². The number of hydrogen-bond acceptors (Lipinski definition) is 0. The minimum atomic E-state index is -3.31. The Morgan fingerprint density at radius 1 is 0.280 bits per heavy atom. The van der Waals surface area contributed by atoms with Crippen LogP contribution in [0.15, 0.2) is 121 Å². The van der Waals surface area contributed by atoms with E-state index in [1.165, 1.54) is 14.0 Å². The van der Waals surface area contributed by atoms with Gasteiger partial charge in [0.1, 0.15) is 0 Å². The molecule has 0 radical (unpaired) electrons. The zero-order valence-electron chi connectivity index (χ0n) is 14.0. The molecule has 0 aliphatic carbocycles. The van der Waals surface area contributed by atoms with Gasteiger partial charge >= 0.3 is 154 Å². The summed E-state index contributed by atoms with van der Waals surface area (Å²) in [5, 5.41) is 0. The molecule has 0 saturated heterocycles. The molecule has 4 aromatic rings. The van der Waals surface area contributed by atoms with Crippen LogP contribution in [0.4, 0.5) is 0 Å². The van der Waals surface area contributed by atoms with Gasteiger partial charge in [-0.05, 0) is 0 Å². The molecule has 0 N–H and O–H groups in total. The van der Waals surface area contributed by atoms with E-state index in [4.69, 9.17) is 0 Å². The second-order valence-corrected chi connectivity index (χ2v) is 17.1. The molecule has 0 atom stereocenters. The van der Waals surface area contributed by atoms with Gasteiger partial charge in [0, 0.05) is 0 Å². The molecule has 0 nitrogen and oxygen atoms in total. The molecule has 0 aliphatic rings. The molecule has 0 aromatic heterocycles. The Bertz CT molecular complexity index is 753. The molecule has 122 valence electrons. The van der Waals surface area contributed by atoms with Crippen LogP contribution in [0.2, 0.25) is 0 Å². The predicted molar refractivity (Wildman–Crippen MR) is 111 cm³/mol. The molecule has 25 heavy (non-hydrogen) atoms. The standard InChI is InChI=1S/4C6H5.Sb.H/c4*1-2-4-6-5-3-1;;/h4*1-5H;;. The average Bonchev–Trinajstić information content (AvgIpc) is 2.72. The first-order chi connectivity index (χ1) is 12.4. The van der Waals surface area contributed by atoms with Crippen LogP contribution < -0.4 is 14.0 Å². The van der Waals surface area contributed by atoms with Gasteiger partial charge in [-0.2, -0.15) is 0 Å². The summed E-state index contributed by atoms with van der Waals surface area (Å²) in [5.41, 5.74) is 0. The van der Waals surface area contributed by atoms with E-state index in [0.717, 1.165) is 0 Å². The van der Waals surface area contributed by atoms with E-state index in [2.05, 4.69) is 121 Å². The molecule has 0 spiro atoms. The van der Waals surface area contributed by atoms with E-state index in [9.17, 15) is 0 Å². The molecule has 0 bridgehead atoms. The molecule has 0 fully saturated rings. The van der Waals surface area contributed by atoms with Crippen molar-refractivity contribution in [2.45, 2.75) is 0 Å². The molecule has 0 amide bonds.